The van der Waals surface area contributed by atoms with Crippen molar-refractivity contribution < 1.29 is 10.2 Å². The second-order valence-electron chi connectivity index (χ2n) is 8.16. The average Bonchev–Trinajstić information content (AvgIpc) is 3.17. The van der Waals surface area contributed by atoms with Crippen LogP contribution in [0.4, 0.5) is 0 Å². The van der Waals surface area contributed by atoms with Crippen LogP contribution in [0.15, 0.2) is 30.3 Å². The molecule has 140 valence electrons. The lowest BCUT2D eigenvalue weighted by Gasteiger charge is -2.42. The van der Waals surface area contributed by atoms with E-state index in [1.165, 1.54) is 0 Å². The third kappa shape index (κ3) is 4.08. The van der Waals surface area contributed by atoms with Gasteiger partial charge in [0.25, 0.3) is 0 Å². The Morgan fingerprint density at radius 3 is 2.32 bits per heavy atom. The Kier molecular flexibility index (Phi) is 6.16. The number of hydrogen-bond acceptors (Lipinski definition) is 4. The van der Waals surface area contributed by atoms with Crippen molar-refractivity contribution in [3.05, 3.63) is 35.9 Å². The molecule has 2 unspecified atom stereocenters. The highest BCUT2D eigenvalue weighted by molar-refractivity contribution is 5.25. The van der Waals surface area contributed by atoms with Crippen LogP contribution in [0, 0.1) is 5.92 Å². The lowest BCUT2D eigenvalue weighted by atomic mass is 9.76. The van der Waals surface area contributed by atoms with Crippen molar-refractivity contribution in [3.63, 3.8) is 0 Å². The molecule has 1 aliphatic heterocycles. The molecule has 1 aromatic carbocycles. The zero-order valence-electron chi connectivity index (χ0n) is 15.8. The van der Waals surface area contributed by atoms with Gasteiger partial charge in [-0.2, -0.15) is 0 Å². The molecule has 1 aromatic rings. The van der Waals surface area contributed by atoms with E-state index in [4.69, 9.17) is 0 Å². The highest BCUT2D eigenvalue weighted by atomic mass is 16.3. The number of likely N-dealkylation sites (tertiary alicyclic amines) is 1. The van der Waals surface area contributed by atoms with Crippen LogP contribution >= 0.6 is 0 Å². The van der Waals surface area contributed by atoms with Crippen molar-refractivity contribution in [2.45, 2.75) is 56.3 Å². The van der Waals surface area contributed by atoms with E-state index in [2.05, 4.69) is 23.9 Å². The summed E-state index contributed by atoms with van der Waals surface area (Å²) in [6.07, 6.45) is 5.80. The molecule has 1 heterocycles. The van der Waals surface area contributed by atoms with Crippen LogP contribution < -0.4 is 0 Å². The molecule has 1 saturated heterocycles. The average molecular weight is 347 g/mol. The molecule has 0 bridgehead atoms. The highest BCUT2D eigenvalue weighted by Gasteiger charge is 2.46. The summed E-state index contributed by atoms with van der Waals surface area (Å²) in [5.74, 6) is 0.149. The summed E-state index contributed by atoms with van der Waals surface area (Å²) >= 11 is 0. The SMILES string of the molecule is CN1CCC(N(C)CC(O)C(O)(c2ccccc2)C2CCCC2)CC1. The van der Waals surface area contributed by atoms with Crippen LogP contribution in [0.1, 0.15) is 44.1 Å². The second-order valence-corrected chi connectivity index (χ2v) is 8.16. The van der Waals surface area contributed by atoms with Crippen LogP contribution in [0.2, 0.25) is 0 Å². The van der Waals surface area contributed by atoms with E-state index in [1.807, 2.05) is 30.3 Å². The van der Waals surface area contributed by atoms with Gasteiger partial charge in [-0.1, -0.05) is 43.2 Å². The van der Waals surface area contributed by atoms with Gasteiger partial charge in [-0.15, -0.1) is 0 Å². The molecule has 3 rings (SSSR count). The van der Waals surface area contributed by atoms with Crippen LogP contribution in [0.5, 0.6) is 0 Å². The minimum Gasteiger partial charge on any atom is -0.388 e. The quantitative estimate of drug-likeness (QED) is 0.831. The summed E-state index contributed by atoms with van der Waals surface area (Å²) in [6, 6.07) is 10.3. The topological polar surface area (TPSA) is 46.9 Å². The van der Waals surface area contributed by atoms with Gasteiger partial charge in [0, 0.05) is 12.6 Å². The van der Waals surface area contributed by atoms with Crippen LogP contribution in [-0.2, 0) is 5.60 Å². The summed E-state index contributed by atoms with van der Waals surface area (Å²) < 4.78 is 0. The highest BCUT2D eigenvalue weighted by Crippen LogP contribution is 2.43. The molecule has 1 saturated carbocycles. The number of hydrogen-bond donors (Lipinski definition) is 2. The number of likely N-dealkylation sites (N-methyl/N-ethyl adjacent to an activating group) is 1. The number of benzene rings is 1. The molecular weight excluding hydrogens is 312 g/mol. The third-order valence-electron chi connectivity index (χ3n) is 6.49. The Hall–Kier alpha value is -0.940. The molecule has 2 fully saturated rings. The van der Waals surface area contributed by atoms with Gasteiger partial charge >= 0.3 is 0 Å². The Morgan fingerprint density at radius 2 is 1.72 bits per heavy atom. The summed E-state index contributed by atoms with van der Waals surface area (Å²) in [4.78, 5) is 4.63. The van der Waals surface area contributed by atoms with E-state index in [1.54, 1.807) is 0 Å². The van der Waals surface area contributed by atoms with Crippen molar-refractivity contribution in [2.24, 2.45) is 5.92 Å². The fraction of sp³-hybridized carbons (Fsp3) is 0.714. The summed E-state index contributed by atoms with van der Waals surface area (Å²) in [5.41, 5.74) is -0.275. The summed E-state index contributed by atoms with van der Waals surface area (Å²) in [6.45, 7) is 2.74. The largest absolute Gasteiger partial charge is 0.388 e. The Balaban J connectivity index is 1.74. The van der Waals surface area contributed by atoms with Crippen molar-refractivity contribution in [1.29, 1.82) is 0 Å². The van der Waals surface area contributed by atoms with E-state index in [9.17, 15) is 10.2 Å². The molecule has 0 aromatic heterocycles. The van der Waals surface area contributed by atoms with E-state index in [0.29, 0.717) is 12.6 Å². The molecule has 2 atom stereocenters. The van der Waals surface area contributed by atoms with E-state index in [0.717, 1.165) is 57.2 Å². The predicted molar refractivity (Wildman–Crippen MR) is 101 cm³/mol. The first-order valence-corrected chi connectivity index (χ1v) is 9.86. The smallest absolute Gasteiger partial charge is 0.119 e. The number of aliphatic hydroxyl groups excluding tert-OH is 1. The number of nitrogens with zero attached hydrogens (tertiary/aromatic N) is 2. The molecule has 2 N–H and O–H groups in total. The molecule has 0 amide bonds. The monoisotopic (exact) mass is 346 g/mol. The molecule has 4 nitrogen and oxygen atoms in total. The van der Waals surface area contributed by atoms with Crippen molar-refractivity contribution in [3.8, 4) is 0 Å². The number of rotatable bonds is 6. The zero-order chi connectivity index (χ0) is 17.9. The van der Waals surface area contributed by atoms with Gasteiger partial charge in [-0.3, -0.25) is 0 Å². The third-order valence-corrected chi connectivity index (χ3v) is 6.49. The van der Waals surface area contributed by atoms with Gasteiger partial charge in [0.2, 0.25) is 0 Å². The lowest BCUT2D eigenvalue weighted by molar-refractivity contribution is -0.130. The zero-order valence-corrected chi connectivity index (χ0v) is 15.8. The van der Waals surface area contributed by atoms with E-state index in [-0.39, 0.29) is 5.92 Å². The molecule has 2 aliphatic rings. The van der Waals surface area contributed by atoms with Gasteiger partial charge in [0.1, 0.15) is 5.60 Å². The Bertz CT molecular complexity index is 524. The van der Waals surface area contributed by atoms with Gasteiger partial charge in [0.05, 0.1) is 6.10 Å². The first kappa shape index (κ1) is 18.8. The number of piperidine rings is 1. The van der Waals surface area contributed by atoms with Gasteiger partial charge in [0.15, 0.2) is 0 Å². The minimum absolute atomic E-state index is 0.149. The van der Waals surface area contributed by atoms with Crippen molar-refractivity contribution in [1.82, 2.24) is 9.80 Å². The molecule has 0 radical (unpaired) electrons. The first-order chi connectivity index (χ1) is 12.0. The molecule has 4 heteroatoms. The first-order valence-electron chi connectivity index (χ1n) is 9.86. The van der Waals surface area contributed by atoms with Crippen LogP contribution in [0.25, 0.3) is 0 Å². The lowest BCUT2D eigenvalue weighted by Crippen LogP contribution is -2.52. The maximum Gasteiger partial charge on any atom is 0.119 e. The Morgan fingerprint density at radius 1 is 1.12 bits per heavy atom. The standard InChI is InChI=1S/C21H34N2O2/c1-22-14-12-19(13-15-22)23(2)16-20(24)21(25,18-10-6-7-11-18)17-8-4-3-5-9-17/h3-5,8-9,18-20,24-25H,6-7,10-16H2,1-2H3. The van der Waals surface area contributed by atoms with Crippen LogP contribution in [-0.4, -0.2) is 65.9 Å². The van der Waals surface area contributed by atoms with E-state index >= 15 is 0 Å². The fourth-order valence-corrected chi connectivity index (χ4v) is 4.77. The number of aliphatic hydroxyl groups is 2. The van der Waals surface area contributed by atoms with Gasteiger partial charge in [-0.05, 0) is 64.3 Å². The molecule has 25 heavy (non-hydrogen) atoms. The summed E-state index contributed by atoms with van der Waals surface area (Å²) in [7, 11) is 4.26. The normalized spacial score (nSPS) is 24.5. The van der Waals surface area contributed by atoms with Crippen molar-refractivity contribution in [2.75, 3.05) is 33.7 Å². The van der Waals surface area contributed by atoms with Gasteiger partial charge in [-0.25, -0.2) is 0 Å². The molecule has 0 spiro atoms. The predicted octanol–water partition coefficient (Wildman–Crippen LogP) is 2.45. The minimum atomic E-state index is -1.14. The van der Waals surface area contributed by atoms with Crippen molar-refractivity contribution >= 4 is 0 Å². The maximum absolute atomic E-state index is 11.7. The fourth-order valence-electron chi connectivity index (χ4n) is 4.77. The van der Waals surface area contributed by atoms with Gasteiger partial charge < -0.3 is 20.0 Å². The molecule has 1 aliphatic carbocycles. The van der Waals surface area contributed by atoms with E-state index < -0.39 is 11.7 Å². The molecular formula is C21H34N2O2. The summed E-state index contributed by atoms with van der Waals surface area (Å²) in [5, 5.41) is 22.8. The van der Waals surface area contributed by atoms with Crippen LogP contribution in [0.3, 0.4) is 0 Å². The maximum atomic E-state index is 11.7. The Labute approximate surface area is 152 Å². The second kappa shape index (κ2) is 8.17.